The summed E-state index contributed by atoms with van der Waals surface area (Å²) in [6, 6.07) is 0.999. The molecule has 0 unspecified atom stereocenters. The van der Waals surface area contributed by atoms with Crippen molar-refractivity contribution in [3.05, 3.63) is 23.0 Å². The van der Waals surface area contributed by atoms with Crippen molar-refractivity contribution in [2.45, 2.75) is 13.0 Å². The zero-order valence-corrected chi connectivity index (χ0v) is 8.41. The van der Waals surface area contributed by atoms with Gasteiger partial charge in [-0.25, -0.2) is 18.6 Å². The fourth-order valence-corrected chi connectivity index (χ4v) is 1.21. The molecule has 0 radical (unpaired) electrons. The van der Waals surface area contributed by atoms with E-state index in [0.717, 1.165) is 6.07 Å². The molecule has 88 valence electrons. The smallest absolute Gasteiger partial charge is 0.337 e. The highest BCUT2D eigenvalue weighted by Gasteiger charge is 2.22. The Labute approximate surface area is 89.9 Å². The fraction of sp³-hybridized carbons (Fsp3) is 0.333. The van der Waals surface area contributed by atoms with Crippen LogP contribution in [-0.2, 0) is 6.54 Å². The predicted octanol–water partition coefficient (Wildman–Crippen LogP) is 1.18. The Morgan fingerprint density at radius 1 is 1.69 bits per heavy atom. The number of hydrogen-bond donors (Lipinski definition) is 2. The SMILES string of the molecule is COc1cc(C(=O)O)c(C(F)F)nc1CN. The third kappa shape index (κ3) is 2.25. The van der Waals surface area contributed by atoms with Crippen LogP contribution < -0.4 is 10.5 Å². The van der Waals surface area contributed by atoms with Crippen LogP contribution in [0.25, 0.3) is 0 Å². The molecule has 0 saturated heterocycles. The molecule has 1 heterocycles. The number of rotatable bonds is 4. The van der Waals surface area contributed by atoms with Crippen LogP contribution in [0.1, 0.15) is 28.2 Å². The molecule has 3 N–H and O–H groups in total. The summed E-state index contributed by atoms with van der Waals surface area (Å²) < 4.78 is 29.9. The normalized spacial score (nSPS) is 10.6. The highest BCUT2D eigenvalue weighted by Crippen LogP contribution is 2.26. The molecular formula is C9H10F2N2O3. The molecule has 1 aromatic heterocycles. The largest absolute Gasteiger partial charge is 0.495 e. The number of aromatic nitrogens is 1. The van der Waals surface area contributed by atoms with Crippen molar-refractivity contribution in [2.75, 3.05) is 7.11 Å². The van der Waals surface area contributed by atoms with Gasteiger partial charge in [0.1, 0.15) is 11.4 Å². The predicted molar refractivity (Wildman–Crippen MR) is 50.6 cm³/mol. The summed E-state index contributed by atoms with van der Waals surface area (Å²) in [6.07, 6.45) is -2.97. The molecule has 0 aliphatic rings. The molecule has 1 aromatic rings. The van der Waals surface area contributed by atoms with Crippen molar-refractivity contribution in [1.82, 2.24) is 4.98 Å². The van der Waals surface area contributed by atoms with Crippen LogP contribution in [0.5, 0.6) is 5.75 Å². The first-order chi connectivity index (χ1) is 7.51. The minimum absolute atomic E-state index is 0.0873. The van der Waals surface area contributed by atoms with Crippen LogP contribution in [0.4, 0.5) is 8.78 Å². The summed E-state index contributed by atoms with van der Waals surface area (Å²) in [6.45, 7) is -0.108. The maximum atomic E-state index is 12.5. The maximum Gasteiger partial charge on any atom is 0.337 e. The van der Waals surface area contributed by atoms with Crippen molar-refractivity contribution in [3.8, 4) is 5.75 Å². The lowest BCUT2D eigenvalue weighted by Gasteiger charge is -2.10. The third-order valence-electron chi connectivity index (χ3n) is 1.94. The number of carboxylic acids is 1. The summed E-state index contributed by atoms with van der Waals surface area (Å²) in [5.74, 6) is -1.39. The molecule has 0 aliphatic heterocycles. The molecule has 0 fully saturated rings. The van der Waals surface area contributed by atoms with E-state index in [0.29, 0.717) is 0 Å². The summed E-state index contributed by atoms with van der Waals surface area (Å²) in [4.78, 5) is 14.2. The molecule has 0 aromatic carbocycles. The van der Waals surface area contributed by atoms with Gasteiger partial charge in [0.05, 0.1) is 18.4 Å². The van der Waals surface area contributed by atoms with E-state index < -0.39 is 23.7 Å². The summed E-state index contributed by atoms with van der Waals surface area (Å²) in [5.41, 5.74) is 4.01. The number of alkyl halides is 2. The van der Waals surface area contributed by atoms with E-state index in [1.807, 2.05) is 0 Å². The molecule has 1 rings (SSSR count). The van der Waals surface area contributed by atoms with Gasteiger partial charge in [0.2, 0.25) is 0 Å². The second-order valence-electron chi connectivity index (χ2n) is 2.88. The van der Waals surface area contributed by atoms with Crippen molar-refractivity contribution >= 4 is 5.97 Å². The molecule has 16 heavy (non-hydrogen) atoms. The van der Waals surface area contributed by atoms with Gasteiger partial charge in [0.15, 0.2) is 0 Å². The lowest BCUT2D eigenvalue weighted by molar-refractivity contribution is 0.0681. The maximum absolute atomic E-state index is 12.5. The fourth-order valence-electron chi connectivity index (χ4n) is 1.21. The minimum Gasteiger partial charge on any atom is -0.495 e. The number of carbonyl (C=O) groups is 1. The highest BCUT2D eigenvalue weighted by molar-refractivity contribution is 5.89. The summed E-state index contributed by atoms with van der Waals surface area (Å²) in [7, 11) is 1.28. The second-order valence-corrected chi connectivity index (χ2v) is 2.88. The molecule has 5 nitrogen and oxygen atoms in total. The number of nitrogens with two attached hydrogens (primary N) is 1. The Kier molecular flexibility index (Phi) is 3.73. The van der Waals surface area contributed by atoms with E-state index >= 15 is 0 Å². The molecule has 0 amide bonds. The lowest BCUT2D eigenvalue weighted by atomic mass is 10.1. The second kappa shape index (κ2) is 4.84. The molecule has 7 heteroatoms. The van der Waals surface area contributed by atoms with Crippen molar-refractivity contribution < 1.29 is 23.4 Å². The van der Waals surface area contributed by atoms with Crippen LogP contribution in [-0.4, -0.2) is 23.2 Å². The Balaban J connectivity index is 3.41. The Bertz CT molecular complexity index is 410. The Morgan fingerprint density at radius 2 is 2.31 bits per heavy atom. The van der Waals surface area contributed by atoms with Crippen LogP contribution >= 0.6 is 0 Å². The number of hydrogen-bond acceptors (Lipinski definition) is 4. The first-order valence-electron chi connectivity index (χ1n) is 4.30. The van der Waals surface area contributed by atoms with Crippen molar-refractivity contribution in [1.29, 1.82) is 0 Å². The lowest BCUT2D eigenvalue weighted by Crippen LogP contribution is -2.11. The van der Waals surface area contributed by atoms with Crippen molar-refractivity contribution in [3.63, 3.8) is 0 Å². The van der Waals surface area contributed by atoms with E-state index in [-0.39, 0.29) is 18.0 Å². The minimum atomic E-state index is -2.97. The topological polar surface area (TPSA) is 85.4 Å². The molecule has 0 aliphatic carbocycles. The van der Waals surface area contributed by atoms with Gasteiger partial charge in [0, 0.05) is 6.54 Å². The van der Waals surface area contributed by atoms with Gasteiger partial charge in [-0.3, -0.25) is 0 Å². The van der Waals surface area contributed by atoms with Crippen LogP contribution in [0.3, 0.4) is 0 Å². The molecule has 0 atom stereocenters. The van der Waals surface area contributed by atoms with Gasteiger partial charge in [0.25, 0.3) is 6.43 Å². The number of pyridine rings is 1. The first-order valence-corrected chi connectivity index (χ1v) is 4.30. The van der Waals surface area contributed by atoms with Gasteiger partial charge in [-0.1, -0.05) is 0 Å². The van der Waals surface area contributed by atoms with Crippen molar-refractivity contribution in [2.24, 2.45) is 5.73 Å². The van der Waals surface area contributed by atoms with E-state index in [4.69, 9.17) is 15.6 Å². The molecule has 0 bridgehead atoms. The van der Waals surface area contributed by atoms with E-state index in [2.05, 4.69) is 4.98 Å². The Hall–Kier alpha value is -1.76. The zero-order chi connectivity index (χ0) is 12.3. The molecule has 0 saturated carbocycles. The standard InChI is InChI=1S/C9H10F2N2O3/c1-16-6-2-4(9(14)15)7(8(10)11)13-5(6)3-12/h2,8H,3,12H2,1H3,(H,14,15). The van der Waals surface area contributed by atoms with Gasteiger partial charge in [-0.05, 0) is 6.07 Å². The molecular weight excluding hydrogens is 222 g/mol. The number of halogens is 2. The van der Waals surface area contributed by atoms with E-state index in [1.165, 1.54) is 7.11 Å². The van der Waals surface area contributed by atoms with Gasteiger partial charge < -0.3 is 15.6 Å². The van der Waals surface area contributed by atoms with Crippen LogP contribution in [0.15, 0.2) is 6.07 Å². The number of nitrogens with zero attached hydrogens (tertiary/aromatic N) is 1. The van der Waals surface area contributed by atoms with E-state index in [9.17, 15) is 13.6 Å². The highest BCUT2D eigenvalue weighted by atomic mass is 19.3. The zero-order valence-electron chi connectivity index (χ0n) is 8.41. The van der Waals surface area contributed by atoms with Crippen LogP contribution in [0.2, 0.25) is 0 Å². The third-order valence-corrected chi connectivity index (χ3v) is 1.94. The first kappa shape index (κ1) is 12.3. The average Bonchev–Trinajstić information content (AvgIpc) is 2.26. The molecule has 0 spiro atoms. The average molecular weight is 232 g/mol. The quantitative estimate of drug-likeness (QED) is 0.814. The number of carboxylic acid groups (broad SMARTS) is 1. The Morgan fingerprint density at radius 3 is 2.69 bits per heavy atom. The summed E-state index contributed by atoms with van der Waals surface area (Å²) >= 11 is 0. The van der Waals surface area contributed by atoms with Gasteiger partial charge >= 0.3 is 5.97 Å². The number of ether oxygens (including phenoxy) is 1. The monoisotopic (exact) mass is 232 g/mol. The van der Waals surface area contributed by atoms with Gasteiger partial charge in [-0.2, -0.15) is 0 Å². The van der Waals surface area contributed by atoms with Gasteiger partial charge in [-0.15, -0.1) is 0 Å². The van der Waals surface area contributed by atoms with E-state index in [1.54, 1.807) is 0 Å². The van der Waals surface area contributed by atoms with Crippen LogP contribution in [0, 0.1) is 0 Å². The number of aromatic carboxylic acids is 1. The summed E-state index contributed by atoms with van der Waals surface area (Å²) in [5, 5.41) is 8.74. The number of methoxy groups -OCH3 is 1.